The lowest BCUT2D eigenvalue weighted by Crippen LogP contribution is -2.17. The highest BCUT2D eigenvalue weighted by atomic mass is 16.3. The Morgan fingerprint density at radius 1 is 1.06 bits per heavy atom. The molecule has 6 heteroatoms. The SMILES string of the molecule is Cn1cc(-c2cccc(NC(=O)c3ccc(C(C)(C)C)cc3)c2CO)c2cc[nH]c2c1=O. The summed E-state index contributed by atoms with van der Waals surface area (Å²) in [6.45, 7) is 6.12. The number of pyridine rings is 1. The minimum absolute atomic E-state index is 0.00669. The van der Waals surface area contributed by atoms with Gasteiger partial charge in [0.25, 0.3) is 11.5 Å². The molecule has 2 aromatic carbocycles. The molecule has 0 saturated heterocycles. The molecule has 4 rings (SSSR count). The van der Waals surface area contributed by atoms with Crippen LogP contribution < -0.4 is 10.9 Å². The van der Waals surface area contributed by atoms with Crippen molar-refractivity contribution in [2.24, 2.45) is 7.05 Å². The van der Waals surface area contributed by atoms with E-state index in [0.717, 1.165) is 22.1 Å². The van der Waals surface area contributed by atoms with Gasteiger partial charge >= 0.3 is 0 Å². The Bertz CT molecular complexity index is 1360. The molecule has 32 heavy (non-hydrogen) atoms. The first-order chi connectivity index (χ1) is 15.2. The van der Waals surface area contributed by atoms with Crippen LogP contribution in [-0.4, -0.2) is 20.6 Å². The smallest absolute Gasteiger partial charge is 0.274 e. The van der Waals surface area contributed by atoms with E-state index >= 15 is 0 Å². The number of aromatic nitrogens is 2. The number of carbonyl (C=O) groups is 1. The third kappa shape index (κ3) is 3.85. The lowest BCUT2D eigenvalue weighted by molar-refractivity contribution is 0.102. The first-order valence-electron chi connectivity index (χ1n) is 10.5. The summed E-state index contributed by atoms with van der Waals surface area (Å²) < 4.78 is 1.51. The summed E-state index contributed by atoms with van der Waals surface area (Å²) in [6.07, 6.45) is 3.48. The summed E-state index contributed by atoms with van der Waals surface area (Å²) in [5.41, 5.74) is 4.77. The third-order valence-corrected chi connectivity index (χ3v) is 5.78. The number of amides is 1. The summed E-state index contributed by atoms with van der Waals surface area (Å²) in [6, 6.07) is 14.9. The molecule has 3 N–H and O–H groups in total. The minimum Gasteiger partial charge on any atom is -0.392 e. The number of rotatable bonds is 4. The molecule has 164 valence electrons. The first-order valence-corrected chi connectivity index (χ1v) is 10.5. The Labute approximate surface area is 186 Å². The highest BCUT2D eigenvalue weighted by Crippen LogP contribution is 2.33. The second-order valence-electron chi connectivity index (χ2n) is 9.00. The quantitative estimate of drug-likeness (QED) is 0.444. The number of fused-ring (bicyclic) bond motifs is 1. The van der Waals surface area contributed by atoms with Gasteiger partial charge < -0.3 is 20.0 Å². The highest BCUT2D eigenvalue weighted by Gasteiger charge is 2.18. The Morgan fingerprint density at radius 3 is 2.44 bits per heavy atom. The zero-order valence-corrected chi connectivity index (χ0v) is 18.7. The number of aryl methyl sites for hydroxylation is 1. The molecule has 0 spiro atoms. The fraction of sp³-hybridized carbons (Fsp3) is 0.231. The molecule has 4 aromatic rings. The predicted octanol–water partition coefficient (Wildman–Crippen LogP) is 4.58. The van der Waals surface area contributed by atoms with Gasteiger partial charge in [0, 0.05) is 47.2 Å². The minimum atomic E-state index is -0.260. The van der Waals surface area contributed by atoms with E-state index in [-0.39, 0.29) is 23.5 Å². The summed E-state index contributed by atoms with van der Waals surface area (Å²) in [5, 5.41) is 13.9. The molecule has 0 saturated carbocycles. The molecule has 0 aliphatic heterocycles. The topological polar surface area (TPSA) is 87.1 Å². The molecule has 6 nitrogen and oxygen atoms in total. The summed E-state index contributed by atoms with van der Waals surface area (Å²) in [7, 11) is 1.69. The summed E-state index contributed by atoms with van der Waals surface area (Å²) >= 11 is 0. The zero-order valence-electron chi connectivity index (χ0n) is 18.7. The molecule has 0 atom stereocenters. The van der Waals surface area contributed by atoms with Gasteiger partial charge in [-0.25, -0.2) is 0 Å². The van der Waals surface area contributed by atoms with Crippen LogP contribution in [0.15, 0.2) is 65.7 Å². The number of nitrogens with zero attached hydrogens (tertiary/aromatic N) is 1. The number of hydrogen-bond donors (Lipinski definition) is 3. The Morgan fingerprint density at radius 2 is 1.78 bits per heavy atom. The average molecular weight is 430 g/mol. The lowest BCUT2D eigenvalue weighted by atomic mass is 9.86. The van der Waals surface area contributed by atoms with Gasteiger partial charge in [-0.05, 0) is 40.8 Å². The summed E-state index contributed by atoms with van der Waals surface area (Å²) in [4.78, 5) is 28.3. The standard InChI is InChI=1S/C26H27N3O3/c1-26(2,3)17-10-8-16(9-11-17)24(31)28-22-7-5-6-18(21(22)15-30)20-14-29(4)25(32)23-19(20)12-13-27-23/h5-14,27,30H,15H2,1-4H3,(H,28,31). The second-order valence-corrected chi connectivity index (χ2v) is 9.00. The third-order valence-electron chi connectivity index (χ3n) is 5.78. The van der Waals surface area contributed by atoms with E-state index in [9.17, 15) is 14.7 Å². The predicted molar refractivity (Wildman–Crippen MR) is 128 cm³/mol. The van der Waals surface area contributed by atoms with Crippen molar-refractivity contribution in [1.29, 1.82) is 0 Å². The fourth-order valence-electron chi connectivity index (χ4n) is 3.93. The molecule has 0 bridgehead atoms. The maximum absolute atomic E-state index is 12.9. The van der Waals surface area contributed by atoms with Crippen molar-refractivity contribution in [3.63, 3.8) is 0 Å². The molecule has 0 unspecified atom stereocenters. The van der Waals surface area contributed by atoms with Crippen molar-refractivity contribution in [3.8, 4) is 11.1 Å². The Hall–Kier alpha value is -3.64. The van der Waals surface area contributed by atoms with Gasteiger partial charge in [0.05, 0.1) is 6.61 Å². The van der Waals surface area contributed by atoms with E-state index in [4.69, 9.17) is 0 Å². The van der Waals surface area contributed by atoms with E-state index < -0.39 is 0 Å². The number of nitrogens with one attached hydrogen (secondary N) is 2. The number of aliphatic hydroxyl groups excluding tert-OH is 1. The van der Waals surface area contributed by atoms with Crippen molar-refractivity contribution in [2.75, 3.05) is 5.32 Å². The first kappa shape index (κ1) is 21.6. The maximum atomic E-state index is 12.9. The van der Waals surface area contributed by atoms with E-state index in [1.165, 1.54) is 4.57 Å². The Kier molecular flexibility index (Phi) is 5.48. The number of aliphatic hydroxyl groups is 1. The monoisotopic (exact) mass is 429 g/mol. The number of aromatic amines is 1. The van der Waals surface area contributed by atoms with E-state index in [1.807, 2.05) is 42.5 Å². The van der Waals surface area contributed by atoms with Crippen LogP contribution in [0.2, 0.25) is 0 Å². The van der Waals surface area contributed by atoms with Crippen molar-refractivity contribution >= 4 is 22.5 Å². The molecule has 0 aliphatic carbocycles. The molecule has 2 aromatic heterocycles. The number of anilines is 1. The van der Waals surface area contributed by atoms with Crippen LogP contribution in [-0.2, 0) is 19.1 Å². The van der Waals surface area contributed by atoms with E-state index in [1.54, 1.807) is 25.5 Å². The van der Waals surface area contributed by atoms with Gasteiger partial charge in [0.1, 0.15) is 5.52 Å². The van der Waals surface area contributed by atoms with Gasteiger partial charge in [-0.3, -0.25) is 9.59 Å². The zero-order chi connectivity index (χ0) is 23.0. The van der Waals surface area contributed by atoms with Gasteiger partial charge in [0.15, 0.2) is 0 Å². The molecule has 0 aliphatic rings. The Balaban J connectivity index is 1.73. The number of carbonyl (C=O) groups excluding carboxylic acids is 1. The second kappa shape index (κ2) is 8.13. The van der Waals surface area contributed by atoms with E-state index in [0.29, 0.717) is 22.3 Å². The molecule has 1 amide bonds. The van der Waals surface area contributed by atoms with Crippen LogP contribution in [0.5, 0.6) is 0 Å². The number of H-pyrrole nitrogens is 1. The molecule has 0 fully saturated rings. The lowest BCUT2D eigenvalue weighted by Gasteiger charge is -2.19. The average Bonchev–Trinajstić information content (AvgIpc) is 3.26. The largest absolute Gasteiger partial charge is 0.392 e. The highest BCUT2D eigenvalue weighted by molar-refractivity contribution is 6.05. The van der Waals surface area contributed by atoms with Crippen LogP contribution in [0, 0.1) is 0 Å². The van der Waals surface area contributed by atoms with Crippen LogP contribution in [0.3, 0.4) is 0 Å². The van der Waals surface area contributed by atoms with Crippen LogP contribution in [0.4, 0.5) is 5.69 Å². The van der Waals surface area contributed by atoms with Crippen molar-refractivity contribution in [3.05, 3.63) is 88.0 Å². The van der Waals surface area contributed by atoms with E-state index in [2.05, 4.69) is 31.1 Å². The van der Waals surface area contributed by atoms with Crippen LogP contribution >= 0.6 is 0 Å². The normalized spacial score (nSPS) is 11.7. The molecular weight excluding hydrogens is 402 g/mol. The number of benzene rings is 2. The van der Waals surface area contributed by atoms with Crippen molar-refractivity contribution in [2.45, 2.75) is 32.8 Å². The van der Waals surface area contributed by atoms with Gasteiger partial charge in [-0.15, -0.1) is 0 Å². The van der Waals surface area contributed by atoms with Crippen LogP contribution in [0.1, 0.15) is 42.3 Å². The summed E-state index contributed by atoms with van der Waals surface area (Å²) in [5.74, 6) is -0.246. The fourth-order valence-corrected chi connectivity index (χ4v) is 3.93. The molecule has 2 heterocycles. The van der Waals surface area contributed by atoms with Crippen molar-refractivity contribution < 1.29 is 9.90 Å². The number of hydrogen-bond acceptors (Lipinski definition) is 3. The van der Waals surface area contributed by atoms with Gasteiger partial charge in [-0.2, -0.15) is 0 Å². The van der Waals surface area contributed by atoms with Gasteiger partial charge in [-0.1, -0.05) is 45.0 Å². The van der Waals surface area contributed by atoms with Crippen LogP contribution in [0.25, 0.3) is 22.0 Å². The maximum Gasteiger partial charge on any atom is 0.274 e. The molecular formula is C26H27N3O3. The van der Waals surface area contributed by atoms with Gasteiger partial charge in [0.2, 0.25) is 0 Å². The molecule has 0 radical (unpaired) electrons. The van der Waals surface area contributed by atoms with Crippen molar-refractivity contribution in [1.82, 2.24) is 9.55 Å².